The molecule has 1 aromatic carbocycles. The van der Waals surface area contributed by atoms with Gasteiger partial charge in [-0.25, -0.2) is 0 Å². The second-order valence-corrected chi connectivity index (χ2v) is 5.75. The maximum absolute atomic E-state index is 12.0. The number of nitrogens with one attached hydrogen (secondary N) is 2. The number of para-hydroxylation sites is 1. The van der Waals surface area contributed by atoms with Gasteiger partial charge in [-0.3, -0.25) is 14.9 Å². The van der Waals surface area contributed by atoms with Gasteiger partial charge in [0, 0.05) is 18.3 Å². The van der Waals surface area contributed by atoms with Gasteiger partial charge in [0.15, 0.2) is 0 Å². The maximum Gasteiger partial charge on any atom is 0.249 e. The largest absolute Gasteiger partial charge is 0.350 e. The normalized spacial score (nSPS) is 22.3. The monoisotopic (exact) mass is 287 g/mol. The number of amides is 2. The molecule has 1 aliphatic heterocycles. The van der Waals surface area contributed by atoms with Crippen LogP contribution in [0.5, 0.6) is 0 Å². The van der Waals surface area contributed by atoms with Crippen LogP contribution >= 0.6 is 0 Å². The van der Waals surface area contributed by atoms with Gasteiger partial charge in [-0.2, -0.15) is 0 Å². The average molecular weight is 287 g/mol. The van der Waals surface area contributed by atoms with Gasteiger partial charge in [-0.1, -0.05) is 25.1 Å². The number of carbonyl (C=O) groups excluding carboxylic acids is 2. The Bertz CT molecular complexity index is 554. The third-order valence-electron chi connectivity index (χ3n) is 4.10. The molecular weight excluding hydrogens is 266 g/mol. The predicted octanol–water partition coefficient (Wildman–Crippen LogP) is 1.18. The van der Waals surface area contributed by atoms with E-state index in [0.29, 0.717) is 12.5 Å². The number of anilines is 1. The molecule has 1 aromatic rings. The number of hydrogen-bond donors (Lipinski definition) is 2. The van der Waals surface area contributed by atoms with Crippen LogP contribution in [0.1, 0.15) is 31.7 Å². The lowest BCUT2D eigenvalue weighted by Crippen LogP contribution is -2.58. The minimum atomic E-state index is -0.273. The molecule has 1 heterocycles. The lowest BCUT2D eigenvalue weighted by molar-refractivity contribution is -0.132. The molecule has 1 atom stereocenters. The number of rotatable bonds is 5. The molecule has 0 aromatic heterocycles. The molecule has 112 valence electrons. The lowest BCUT2D eigenvalue weighted by Gasteiger charge is -2.36. The van der Waals surface area contributed by atoms with Gasteiger partial charge in [-0.15, -0.1) is 0 Å². The second kappa shape index (κ2) is 5.85. The first-order valence-electron chi connectivity index (χ1n) is 7.60. The van der Waals surface area contributed by atoms with Crippen molar-refractivity contribution in [2.24, 2.45) is 0 Å². The molecule has 0 spiro atoms. The fourth-order valence-corrected chi connectivity index (χ4v) is 2.81. The Morgan fingerprint density at radius 1 is 1.29 bits per heavy atom. The Kier molecular flexibility index (Phi) is 3.92. The number of imide groups is 1. The smallest absolute Gasteiger partial charge is 0.249 e. The van der Waals surface area contributed by atoms with E-state index in [1.54, 1.807) is 0 Å². The van der Waals surface area contributed by atoms with E-state index in [1.807, 2.05) is 30.0 Å². The van der Waals surface area contributed by atoms with Crippen molar-refractivity contribution < 1.29 is 9.59 Å². The molecule has 3 rings (SSSR count). The molecule has 2 aliphatic rings. The minimum absolute atomic E-state index is 0.196. The highest BCUT2D eigenvalue weighted by Crippen LogP contribution is 2.26. The maximum atomic E-state index is 12.0. The molecule has 21 heavy (non-hydrogen) atoms. The zero-order chi connectivity index (χ0) is 14.8. The average Bonchev–Trinajstić information content (AvgIpc) is 3.29. The van der Waals surface area contributed by atoms with Gasteiger partial charge in [-0.05, 0) is 30.9 Å². The lowest BCUT2D eigenvalue weighted by atomic mass is 10.0. The van der Waals surface area contributed by atoms with Crippen LogP contribution in [-0.4, -0.2) is 30.4 Å². The van der Waals surface area contributed by atoms with E-state index < -0.39 is 0 Å². The third-order valence-corrected chi connectivity index (χ3v) is 4.10. The number of benzene rings is 1. The summed E-state index contributed by atoms with van der Waals surface area (Å²) < 4.78 is 0. The number of piperazine rings is 1. The summed E-state index contributed by atoms with van der Waals surface area (Å²) in [6, 6.07) is 8.38. The van der Waals surface area contributed by atoms with Gasteiger partial charge in [0.1, 0.15) is 6.04 Å². The van der Waals surface area contributed by atoms with Crippen LogP contribution in [0.15, 0.2) is 24.3 Å². The van der Waals surface area contributed by atoms with Gasteiger partial charge in [0.05, 0.1) is 6.54 Å². The van der Waals surface area contributed by atoms with Crippen LogP contribution < -0.4 is 15.5 Å². The van der Waals surface area contributed by atoms with Gasteiger partial charge in [0.2, 0.25) is 11.8 Å². The first-order chi connectivity index (χ1) is 10.2. The topological polar surface area (TPSA) is 61.4 Å². The van der Waals surface area contributed by atoms with E-state index >= 15 is 0 Å². The van der Waals surface area contributed by atoms with Crippen molar-refractivity contribution >= 4 is 17.5 Å². The summed E-state index contributed by atoms with van der Waals surface area (Å²) in [5.41, 5.74) is 2.13. The zero-order valence-electron chi connectivity index (χ0n) is 12.3. The number of carbonyl (C=O) groups is 2. The highest BCUT2D eigenvalue weighted by atomic mass is 16.2. The third kappa shape index (κ3) is 3.08. The first-order valence-corrected chi connectivity index (χ1v) is 7.60. The summed E-state index contributed by atoms with van der Waals surface area (Å²) >= 11 is 0. The van der Waals surface area contributed by atoms with Crippen molar-refractivity contribution in [2.75, 3.05) is 11.4 Å². The van der Waals surface area contributed by atoms with Crippen molar-refractivity contribution in [3.8, 4) is 0 Å². The van der Waals surface area contributed by atoms with Crippen molar-refractivity contribution in [3.63, 3.8) is 0 Å². The van der Waals surface area contributed by atoms with E-state index in [9.17, 15) is 9.59 Å². The molecule has 1 aliphatic carbocycles. The Morgan fingerprint density at radius 2 is 2.05 bits per heavy atom. The molecule has 2 fully saturated rings. The van der Waals surface area contributed by atoms with E-state index in [1.165, 1.54) is 12.8 Å². The molecule has 0 radical (unpaired) electrons. The molecule has 0 bridgehead atoms. The Hall–Kier alpha value is -1.88. The molecule has 1 saturated heterocycles. The van der Waals surface area contributed by atoms with Gasteiger partial charge < -0.3 is 10.2 Å². The van der Waals surface area contributed by atoms with E-state index in [0.717, 1.165) is 17.8 Å². The van der Waals surface area contributed by atoms with Crippen LogP contribution in [0.2, 0.25) is 0 Å². The predicted molar refractivity (Wildman–Crippen MR) is 80.9 cm³/mol. The van der Waals surface area contributed by atoms with Crippen molar-refractivity contribution in [3.05, 3.63) is 29.8 Å². The molecule has 5 nitrogen and oxygen atoms in total. The van der Waals surface area contributed by atoms with Crippen molar-refractivity contribution in [2.45, 2.75) is 44.8 Å². The standard InChI is InChI=1S/C16H21N3O2/c1-2-13-16(21)18-15(20)10-19(13)14-6-4-3-5-11(14)9-17-12-7-8-12/h3-6,12-13,17H,2,7-10H2,1H3,(H,18,20,21). The van der Waals surface area contributed by atoms with Crippen LogP contribution in [-0.2, 0) is 16.1 Å². The number of hydrogen-bond acceptors (Lipinski definition) is 4. The summed E-state index contributed by atoms with van der Waals surface area (Å²) in [4.78, 5) is 25.7. The summed E-state index contributed by atoms with van der Waals surface area (Å²) in [5, 5.41) is 5.92. The Morgan fingerprint density at radius 3 is 2.76 bits per heavy atom. The highest BCUT2D eigenvalue weighted by Gasteiger charge is 2.33. The fraction of sp³-hybridized carbons (Fsp3) is 0.500. The van der Waals surface area contributed by atoms with E-state index in [2.05, 4.69) is 16.7 Å². The summed E-state index contributed by atoms with van der Waals surface area (Å²) in [5.74, 6) is -0.423. The first kappa shape index (κ1) is 14.1. The quantitative estimate of drug-likeness (QED) is 0.798. The van der Waals surface area contributed by atoms with E-state index in [4.69, 9.17) is 0 Å². The van der Waals surface area contributed by atoms with Crippen LogP contribution in [0, 0.1) is 0 Å². The molecule has 1 unspecified atom stereocenters. The van der Waals surface area contributed by atoms with Crippen molar-refractivity contribution in [1.29, 1.82) is 0 Å². The molecule has 2 N–H and O–H groups in total. The second-order valence-electron chi connectivity index (χ2n) is 5.75. The summed E-state index contributed by atoms with van der Waals surface area (Å²) in [6.45, 7) is 2.99. The summed E-state index contributed by atoms with van der Waals surface area (Å²) in [6.07, 6.45) is 3.16. The van der Waals surface area contributed by atoms with E-state index in [-0.39, 0.29) is 24.4 Å². The van der Waals surface area contributed by atoms with Crippen LogP contribution in [0.3, 0.4) is 0 Å². The Balaban J connectivity index is 1.85. The van der Waals surface area contributed by atoms with Crippen LogP contribution in [0.4, 0.5) is 5.69 Å². The molecule has 2 amide bonds. The van der Waals surface area contributed by atoms with Crippen LogP contribution in [0.25, 0.3) is 0 Å². The fourth-order valence-electron chi connectivity index (χ4n) is 2.81. The molecule has 5 heteroatoms. The minimum Gasteiger partial charge on any atom is -0.350 e. The molecular formula is C16H21N3O2. The summed E-state index contributed by atoms with van der Waals surface area (Å²) in [7, 11) is 0. The SMILES string of the molecule is CCC1C(=O)NC(=O)CN1c1ccccc1CNC1CC1. The van der Waals surface area contributed by atoms with Gasteiger partial charge in [0.25, 0.3) is 0 Å². The van der Waals surface area contributed by atoms with Gasteiger partial charge >= 0.3 is 0 Å². The van der Waals surface area contributed by atoms with Crippen molar-refractivity contribution in [1.82, 2.24) is 10.6 Å². The zero-order valence-corrected chi connectivity index (χ0v) is 12.3. The Labute approximate surface area is 124 Å². The highest BCUT2D eigenvalue weighted by molar-refractivity contribution is 6.04. The number of nitrogens with zero attached hydrogens (tertiary/aromatic N) is 1. The molecule has 1 saturated carbocycles.